The number of hydrogen-bond acceptors (Lipinski definition) is 4. The topological polar surface area (TPSA) is 36.4 Å². The van der Waals surface area contributed by atoms with E-state index in [1.54, 1.807) is 17.5 Å². The minimum atomic E-state index is 0.0700. The van der Waals surface area contributed by atoms with Gasteiger partial charge in [0, 0.05) is 19.3 Å². The first-order valence-electron chi connectivity index (χ1n) is 5.68. The van der Waals surface area contributed by atoms with Crippen LogP contribution in [0.4, 0.5) is 5.13 Å². The number of aliphatic hydroxyl groups excluding tert-OH is 1. The van der Waals surface area contributed by atoms with Crippen molar-refractivity contribution in [3.05, 3.63) is 47.0 Å². The Balaban J connectivity index is 2.11. The van der Waals surface area contributed by atoms with Gasteiger partial charge in [-0.25, -0.2) is 4.98 Å². The van der Waals surface area contributed by atoms with Gasteiger partial charge in [0.1, 0.15) is 0 Å². The predicted octanol–water partition coefficient (Wildman–Crippen LogP) is 2.66. The maximum absolute atomic E-state index is 9.05. The van der Waals surface area contributed by atoms with Crippen molar-refractivity contribution in [2.45, 2.75) is 20.1 Å². The quantitative estimate of drug-likeness (QED) is 0.883. The van der Waals surface area contributed by atoms with Crippen LogP contribution in [0.2, 0.25) is 0 Å². The summed E-state index contributed by atoms with van der Waals surface area (Å²) in [4.78, 5) is 7.46. The molecule has 2 rings (SSSR count). The fraction of sp³-hybridized carbons (Fsp3) is 0.308. The van der Waals surface area contributed by atoms with E-state index in [1.165, 1.54) is 5.56 Å². The van der Waals surface area contributed by atoms with E-state index in [4.69, 9.17) is 5.11 Å². The van der Waals surface area contributed by atoms with Crippen molar-refractivity contribution < 1.29 is 5.11 Å². The maximum Gasteiger partial charge on any atom is 0.185 e. The average Bonchev–Trinajstić information content (AvgIpc) is 2.86. The van der Waals surface area contributed by atoms with Crippen LogP contribution < -0.4 is 4.90 Å². The molecule has 0 atom stereocenters. The molecule has 0 fully saturated rings. The highest BCUT2D eigenvalue weighted by atomic mass is 32.1. The van der Waals surface area contributed by atoms with Crippen LogP contribution in [0, 0.1) is 0 Å². The molecule has 3 nitrogen and oxygen atoms in total. The minimum absolute atomic E-state index is 0.0700. The van der Waals surface area contributed by atoms with Crippen molar-refractivity contribution >= 4 is 16.5 Å². The molecular formula is C13H16N2OS. The van der Waals surface area contributed by atoms with E-state index in [9.17, 15) is 0 Å². The van der Waals surface area contributed by atoms with Crippen molar-refractivity contribution in [1.82, 2.24) is 4.98 Å². The SMILES string of the molecule is CCN(Cc1ccccc1)c1ncc(CO)s1. The van der Waals surface area contributed by atoms with Crippen LogP contribution in [0.15, 0.2) is 36.5 Å². The van der Waals surface area contributed by atoms with E-state index in [-0.39, 0.29) is 6.61 Å². The molecule has 0 radical (unpaired) electrons. The Labute approximate surface area is 105 Å². The van der Waals surface area contributed by atoms with E-state index in [2.05, 4.69) is 28.9 Å². The van der Waals surface area contributed by atoms with Gasteiger partial charge in [0.05, 0.1) is 11.5 Å². The van der Waals surface area contributed by atoms with Gasteiger partial charge >= 0.3 is 0 Å². The van der Waals surface area contributed by atoms with Crippen LogP contribution in [0.3, 0.4) is 0 Å². The summed E-state index contributed by atoms with van der Waals surface area (Å²) in [5.41, 5.74) is 1.27. The summed E-state index contributed by atoms with van der Waals surface area (Å²) < 4.78 is 0. The fourth-order valence-electron chi connectivity index (χ4n) is 1.63. The summed E-state index contributed by atoms with van der Waals surface area (Å²) in [6.45, 7) is 3.95. The number of nitrogens with zero attached hydrogens (tertiary/aromatic N) is 2. The van der Waals surface area contributed by atoms with E-state index in [0.29, 0.717) is 0 Å². The molecule has 1 N–H and O–H groups in total. The predicted molar refractivity (Wildman–Crippen MR) is 71.2 cm³/mol. The molecule has 0 saturated heterocycles. The molecule has 0 amide bonds. The lowest BCUT2D eigenvalue weighted by atomic mass is 10.2. The van der Waals surface area contributed by atoms with Crippen molar-refractivity contribution in [2.24, 2.45) is 0 Å². The second-order valence-electron chi connectivity index (χ2n) is 3.77. The molecule has 90 valence electrons. The van der Waals surface area contributed by atoms with Crippen LogP contribution in [0.1, 0.15) is 17.4 Å². The molecule has 0 saturated carbocycles. The van der Waals surface area contributed by atoms with Gasteiger partial charge in [-0.1, -0.05) is 41.7 Å². The summed E-state index contributed by atoms with van der Waals surface area (Å²) >= 11 is 1.55. The van der Waals surface area contributed by atoms with Crippen LogP contribution in [-0.4, -0.2) is 16.6 Å². The van der Waals surface area contributed by atoms with Crippen molar-refractivity contribution in [1.29, 1.82) is 0 Å². The second kappa shape index (κ2) is 5.80. The molecule has 2 aromatic rings. The van der Waals surface area contributed by atoms with Gasteiger partial charge in [-0.15, -0.1) is 0 Å². The molecule has 0 aliphatic carbocycles. The Kier molecular flexibility index (Phi) is 4.12. The van der Waals surface area contributed by atoms with Gasteiger partial charge in [0.2, 0.25) is 0 Å². The molecule has 1 heterocycles. The Hall–Kier alpha value is -1.39. The largest absolute Gasteiger partial charge is 0.391 e. The van der Waals surface area contributed by atoms with Crippen molar-refractivity contribution in [3.63, 3.8) is 0 Å². The normalized spacial score (nSPS) is 10.5. The first-order chi connectivity index (χ1) is 8.33. The Bertz CT molecular complexity index is 455. The zero-order valence-electron chi connectivity index (χ0n) is 9.84. The smallest absolute Gasteiger partial charge is 0.185 e. The number of benzene rings is 1. The van der Waals surface area contributed by atoms with Gasteiger partial charge in [0.25, 0.3) is 0 Å². The van der Waals surface area contributed by atoms with Gasteiger partial charge in [-0.05, 0) is 12.5 Å². The molecule has 0 bridgehead atoms. The molecule has 1 aromatic carbocycles. The lowest BCUT2D eigenvalue weighted by Gasteiger charge is -2.19. The summed E-state index contributed by atoms with van der Waals surface area (Å²) in [6, 6.07) is 10.3. The van der Waals surface area contributed by atoms with Crippen LogP contribution >= 0.6 is 11.3 Å². The van der Waals surface area contributed by atoms with Gasteiger partial charge in [-0.3, -0.25) is 0 Å². The third kappa shape index (κ3) is 3.05. The lowest BCUT2D eigenvalue weighted by molar-refractivity contribution is 0.285. The number of rotatable bonds is 5. The minimum Gasteiger partial charge on any atom is -0.391 e. The molecule has 17 heavy (non-hydrogen) atoms. The fourth-order valence-corrected chi connectivity index (χ4v) is 2.47. The standard InChI is InChI=1S/C13H16N2OS/c1-2-15(9-11-6-4-3-5-7-11)13-14-8-12(10-16)17-13/h3-8,16H,2,9-10H2,1H3. The van der Waals surface area contributed by atoms with Gasteiger partial charge in [0.15, 0.2) is 5.13 Å². The maximum atomic E-state index is 9.05. The molecular weight excluding hydrogens is 232 g/mol. The molecule has 4 heteroatoms. The molecule has 0 unspecified atom stereocenters. The molecule has 0 spiro atoms. The van der Waals surface area contributed by atoms with Crippen molar-refractivity contribution in [3.8, 4) is 0 Å². The van der Waals surface area contributed by atoms with E-state index in [1.807, 2.05) is 18.2 Å². The number of anilines is 1. The second-order valence-corrected chi connectivity index (χ2v) is 4.86. The Morgan fingerprint density at radius 1 is 1.29 bits per heavy atom. The van der Waals surface area contributed by atoms with E-state index < -0.39 is 0 Å². The zero-order chi connectivity index (χ0) is 12.1. The van der Waals surface area contributed by atoms with Crippen molar-refractivity contribution in [2.75, 3.05) is 11.4 Å². The number of aromatic nitrogens is 1. The number of hydrogen-bond donors (Lipinski definition) is 1. The Morgan fingerprint density at radius 3 is 2.65 bits per heavy atom. The van der Waals surface area contributed by atoms with E-state index in [0.717, 1.165) is 23.1 Å². The number of aliphatic hydroxyl groups is 1. The third-order valence-electron chi connectivity index (χ3n) is 2.57. The lowest BCUT2D eigenvalue weighted by Crippen LogP contribution is -2.21. The highest BCUT2D eigenvalue weighted by molar-refractivity contribution is 7.15. The number of thiazole rings is 1. The summed E-state index contributed by atoms with van der Waals surface area (Å²) in [5, 5.41) is 10.0. The Morgan fingerprint density at radius 2 is 2.06 bits per heavy atom. The average molecular weight is 248 g/mol. The molecule has 0 aliphatic heterocycles. The first-order valence-corrected chi connectivity index (χ1v) is 6.49. The highest BCUT2D eigenvalue weighted by Gasteiger charge is 2.09. The van der Waals surface area contributed by atoms with E-state index >= 15 is 0 Å². The zero-order valence-corrected chi connectivity index (χ0v) is 10.7. The van der Waals surface area contributed by atoms with Crippen LogP contribution in [0.25, 0.3) is 0 Å². The summed E-state index contributed by atoms with van der Waals surface area (Å²) in [5.74, 6) is 0. The first kappa shape index (κ1) is 12.1. The summed E-state index contributed by atoms with van der Waals surface area (Å²) in [7, 11) is 0. The monoisotopic (exact) mass is 248 g/mol. The molecule has 0 aliphatic rings. The van der Waals surface area contributed by atoms with Gasteiger partial charge in [-0.2, -0.15) is 0 Å². The highest BCUT2D eigenvalue weighted by Crippen LogP contribution is 2.23. The summed E-state index contributed by atoms with van der Waals surface area (Å²) in [6.07, 6.45) is 1.74. The molecule has 1 aromatic heterocycles. The van der Waals surface area contributed by atoms with Gasteiger partial charge < -0.3 is 10.0 Å². The third-order valence-corrected chi connectivity index (χ3v) is 3.61. The van der Waals surface area contributed by atoms with Crippen LogP contribution in [-0.2, 0) is 13.2 Å². The van der Waals surface area contributed by atoms with Crippen LogP contribution in [0.5, 0.6) is 0 Å².